The second kappa shape index (κ2) is 7.68. The zero-order valence-corrected chi connectivity index (χ0v) is 12.9. The lowest BCUT2D eigenvalue weighted by Gasteiger charge is -2.28. The summed E-state index contributed by atoms with van der Waals surface area (Å²) in [4.78, 5) is 0. The molecular formula is C19H20F4. The predicted molar refractivity (Wildman–Crippen MR) is 83.5 cm³/mol. The fraction of sp³-hybridized carbons (Fsp3) is 0.474. The molecular weight excluding hydrogens is 304 g/mol. The molecule has 1 aliphatic carbocycles. The Labute approximate surface area is 134 Å². The summed E-state index contributed by atoms with van der Waals surface area (Å²) in [7, 11) is 0. The van der Waals surface area contributed by atoms with Gasteiger partial charge >= 0.3 is 6.18 Å². The second-order valence-electron chi connectivity index (χ2n) is 6.07. The minimum atomic E-state index is -4.60. The Hall–Kier alpha value is -1.76. The molecule has 0 aromatic heterocycles. The van der Waals surface area contributed by atoms with E-state index in [-0.39, 0.29) is 11.5 Å². The van der Waals surface area contributed by atoms with E-state index in [0.29, 0.717) is 5.92 Å². The van der Waals surface area contributed by atoms with E-state index < -0.39 is 12.0 Å². The van der Waals surface area contributed by atoms with E-state index in [1.165, 1.54) is 12.1 Å². The van der Waals surface area contributed by atoms with Gasteiger partial charge in [-0.3, -0.25) is 0 Å². The topological polar surface area (TPSA) is 0 Å². The molecule has 0 bridgehead atoms. The Morgan fingerprint density at radius 3 is 2.43 bits per heavy atom. The van der Waals surface area contributed by atoms with E-state index in [4.69, 9.17) is 0 Å². The number of alkyl halides is 3. The van der Waals surface area contributed by atoms with Crippen LogP contribution in [0, 0.1) is 23.6 Å². The highest BCUT2D eigenvalue weighted by Gasteiger charge is 2.24. The quantitative estimate of drug-likeness (QED) is 0.363. The van der Waals surface area contributed by atoms with Crippen LogP contribution in [0.5, 0.6) is 0 Å². The zero-order valence-electron chi connectivity index (χ0n) is 12.9. The van der Waals surface area contributed by atoms with Crippen LogP contribution in [0.3, 0.4) is 0 Å². The van der Waals surface area contributed by atoms with E-state index in [0.717, 1.165) is 50.0 Å². The molecule has 1 aromatic carbocycles. The van der Waals surface area contributed by atoms with Gasteiger partial charge in [-0.05, 0) is 68.1 Å². The first-order chi connectivity index (χ1) is 10.9. The Morgan fingerprint density at radius 1 is 1.17 bits per heavy atom. The molecule has 1 saturated carbocycles. The standard InChI is InChI=1S/C19H20F4/c1-2-3-4-14-5-7-15(8-6-14)17-10-9-16(18(20)13-17)11-12-19(21,22)23/h2,9-10,13-15H,1,3-8H2. The molecule has 0 unspecified atom stereocenters. The Kier molecular flexibility index (Phi) is 5.87. The molecule has 0 saturated heterocycles. The van der Waals surface area contributed by atoms with Crippen LogP contribution in [0.4, 0.5) is 17.6 Å². The summed E-state index contributed by atoms with van der Waals surface area (Å²) in [5.74, 6) is 3.27. The summed E-state index contributed by atoms with van der Waals surface area (Å²) < 4.78 is 50.1. The largest absolute Gasteiger partial charge is 0.458 e. The van der Waals surface area contributed by atoms with E-state index >= 15 is 0 Å². The zero-order chi connectivity index (χ0) is 16.9. The summed E-state index contributed by atoms with van der Waals surface area (Å²) in [6.45, 7) is 3.73. The van der Waals surface area contributed by atoms with Crippen LogP contribution in [0.15, 0.2) is 30.9 Å². The average Bonchev–Trinajstić information content (AvgIpc) is 2.51. The monoisotopic (exact) mass is 324 g/mol. The van der Waals surface area contributed by atoms with Gasteiger partial charge in [0.15, 0.2) is 0 Å². The molecule has 0 spiro atoms. The van der Waals surface area contributed by atoms with Crippen LogP contribution in [-0.4, -0.2) is 6.18 Å². The molecule has 0 N–H and O–H groups in total. The Bertz CT molecular complexity index is 596. The SMILES string of the molecule is C=CCCC1CCC(c2ccc(C#CC(F)(F)F)c(F)c2)CC1. The van der Waals surface area contributed by atoms with Crippen molar-refractivity contribution in [1.82, 2.24) is 0 Å². The highest BCUT2D eigenvalue weighted by Crippen LogP contribution is 2.37. The number of rotatable bonds is 4. The molecule has 1 aliphatic rings. The van der Waals surface area contributed by atoms with E-state index in [1.54, 1.807) is 6.07 Å². The number of hydrogen-bond acceptors (Lipinski definition) is 0. The molecule has 0 amide bonds. The highest BCUT2D eigenvalue weighted by molar-refractivity contribution is 5.39. The van der Waals surface area contributed by atoms with Gasteiger partial charge in [-0.15, -0.1) is 6.58 Å². The number of benzene rings is 1. The summed E-state index contributed by atoms with van der Waals surface area (Å²) in [6.07, 6.45) is 3.71. The third-order valence-corrected chi connectivity index (χ3v) is 4.43. The molecule has 124 valence electrons. The first-order valence-electron chi connectivity index (χ1n) is 7.89. The van der Waals surface area contributed by atoms with Gasteiger partial charge in [0, 0.05) is 5.92 Å². The maximum atomic E-state index is 13.9. The molecule has 0 nitrogen and oxygen atoms in total. The van der Waals surface area contributed by atoms with Gasteiger partial charge in [0.25, 0.3) is 0 Å². The lowest BCUT2D eigenvalue weighted by molar-refractivity contribution is -0.0696. The maximum absolute atomic E-state index is 13.9. The highest BCUT2D eigenvalue weighted by atomic mass is 19.4. The molecule has 0 aliphatic heterocycles. The van der Waals surface area contributed by atoms with E-state index in [1.807, 2.05) is 12.0 Å². The van der Waals surface area contributed by atoms with Crippen LogP contribution in [0.2, 0.25) is 0 Å². The maximum Gasteiger partial charge on any atom is 0.458 e. The van der Waals surface area contributed by atoms with Gasteiger partial charge < -0.3 is 0 Å². The minimum absolute atomic E-state index is 0.203. The first-order valence-corrected chi connectivity index (χ1v) is 7.89. The van der Waals surface area contributed by atoms with Crippen molar-refractivity contribution in [3.8, 4) is 11.8 Å². The summed E-state index contributed by atoms with van der Waals surface area (Å²) in [6, 6.07) is 4.40. The smallest absolute Gasteiger partial charge is 0.206 e. The van der Waals surface area contributed by atoms with E-state index in [2.05, 4.69) is 6.58 Å². The number of hydrogen-bond donors (Lipinski definition) is 0. The second-order valence-corrected chi connectivity index (χ2v) is 6.07. The molecule has 0 heterocycles. The van der Waals surface area contributed by atoms with Crippen molar-refractivity contribution in [2.24, 2.45) is 5.92 Å². The van der Waals surface area contributed by atoms with Gasteiger partial charge in [0.2, 0.25) is 0 Å². The number of halogens is 4. The van der Waals surface area contributed by atoms with Gasteiger partial charge in [-0.2, -0.15) is 13.2 Å². The van der Waals surface area contributed by atoms with Crippen molar-refractivity contribution in [1.29, 1.82) is 0 Å². The lowest BCUT2D eigenvalue weighted by Crippen LogP contribution is -2.13. The molecule has 4 heteroatoms. The van der Waals surface area contributed by atoms with Crippen LogP contribution in [-0.2, 0) is 0 Å². The summed E-state index contributed by atoms with van der Waals surface area (Å²) in [5.41, 5.74) is 0.660. The fourth-order valence-electron chi connectivity index (χ4n) is 3.16. The van der Waals surface area contributed by atoms with Crippen molar-refractivity contribution < 1.29 is 17.6 Å². The normalized spacial score (nSPS) is 21.4. The van der Waals surface area contributed by atoms with Gasteiger partial charge in [0.1, 0.15) is 5.82 Å². The predicted octanol–water partition coefficient (Wildman–Crippen LogP) is 5.98. The van der Waals surface area contributed by atoms with Crippen molar-refractivity contribution in [2.75, 3.05) is 0 Å². The van der Waals surface area contributed by atoms with Gasteiger partial charge in [-0.25, -0.2) is 4.39 Å². The molecule has 0 radical (unpaired) electrons. The minimum Gasteiger partial charge on any atom is -0.206 e. The summed E-state index contributed by atoms with van der Waals surface area (Å²) >= 11 is 0. The Balaban J connectivity index is 2.01. The van der Waals surface area contributed by atoms with Crippen molar-refractivity contribution in [3.05, 3.63) is 47.8 Å². The molecule has 23 heavy (non-hydrogen) atoms. The molecule has 2 rings (SSSR count). The molecule has 0 atom stereocenters. The van der Waals surface area contributed by atoms with Crippen LogP contribution in [0.25, 0.3) is 0 Å². The first kappa shape index (κ1) is 17.6. The third-order valence-electron chi connectivity index (χ3n) is 4.43. The van der Waals surface area contributed by atoms with Crippen LogP contribution >= 0.6 is 0 Å². The van der Waals surface area contributed by atoms with Crippen molar-refractivity contribution in [3.63, 3.8) is 0 Å². The van der Waals surface area contributed by atoms with Crippen LogP contribution in [0.1, 0.15) is 55.6 Å². The molecule has 1 fully saturated rings. The summed E-state index contributed by atoms with van der Waals surface area (Å²) in [5, 5.41) is 0. The van der Waals surface area contributed by atoms with Crippen molar-refractivity contribution >= 4 is 0 Å². The number of allylic oxidation sites excluding steroid dienone is 1. The Morgan fingerprint density at radius 2 is 1.87 bits per heavy atom. The lowest BCUT2D eigenvalue weighted by atomic mass is 9.77. The van der Waals surface area contributed by atoms with Crippen molar-refractivity contribution in [2.45, 2.75) is 50.6 Å². The fourth-order valence-corrected chi connectivity index (χ4v) is 3.16. The van der Waals surface area contributed by atoms with Gasteiger partial charge in [0.05, 0.1) is 5.56 Å². The average molecular weight is 324 g/mol. The molecule has 1 aromatic rings. The third kappa shape index (κ3) is 5.42. The van der Waals surface area contributed by atoms with Gasteiger partial charge in [-0.1, -0.05) is 18.1 Å². The van der Waals surface area contributed by atoms with E-state index in [9.17, 15) is 17.6 Å². The van der Waals surface area contributed by atoms with Crippen LogP contribution < -0.4 is 0 Å².